The summed E-state index contributed by atoms with van der Waals surface area (Å²) in [5.74, 6) is 0.483. The third kappa shape index (κ3) is 5.88. The van der Waals surface area contributed by atoms with Gasteiger partial charge in [-0.25, -0.2) is 15.0 Å². The Morgan fingerprint density at radius 3 is 2.85 bits per heavy atom. The molecule has 10 heteroatoms. The molecule has 9 nitrogen and oxygen atoms in total. The van der Waals surface area contributed by atoms with Crippen LogP contribution in [0.2, 0.25) is 0 Å². The topological polar surface area (TPSA) is 95.5 Å². The molecule has 0 saturated carbocycles. The second-order valence-corrected chi connectivity index (χ2v) is 12.2. The van der Waals surface area contributed by atoms with Gasteiger partial charge in [-0.15, -0.1) is 11.3 Å². The molecule has 3 aromatic heterocycles. The SMILES string of the molecule is CC1CC=CC(=Nc2nc(-c3cnn(C4(CC#N)CCOCC4)c3)c3sccc3n2)CN1CCN1CCCCC1. The molecule has 40 heavy (non-hydrogen) atoms. The van der Waals surface area contributed by atoms with Crippen molar-refractivity contribution in [2.45, 2.75) is 63.5 Å². The summed E-state index contributed by atoms with van der Waals surface area (Å²) in [5, 5.41) is 16.3. The van der Waals surface area contributed by atoms with Crippen molar-refractivity contribution >= 4 is 33.2 Å². The monoisotopic (exact) mass is 558 g/mol. The van der Waals surface area contributed by atoms with Crippen LogP contribution in [-0.4, -0.2) is 87.2 Å². The molecule has 0 aromatic carbocycles. The molecule has 210 valence electrons. The molecule has 1 unspecified atom stereocenters. The predicted molar refractivity (Wildman–Crippen MR) is 159 cm³/mol. The molecule has 6 heterocycles. The first-order valence-corrected chi connectivity index (χ1v) is 15.5. The minimum atomic E-state index is -0.338. The average molecular weight is 559 g/mol. The third-order valence-electron chi connectivity index (χ3n) is 8.64. The molecule has 0 spiro atoms. The van der Waals surface area contributed by atoms with Gasteiger partial charge in [-0.3, -0.25) is 9.58 Å². The molecule has 6 rings (SSSR count). The third-order valence-corrected chi connectivity index (χ3v) is 9.55. The average Bonchev–Trinajstić information content (AvgIpc) is 3.63. The fraction of sp³-hybridized carbons (Fsp3) is 0.567. The molecular formula is C30H38N8OS. The lowest BCUT2D eigenvalue weighted by molar-refractivity contribution is 0.0172. The van der Waals surface area contributed by atoms with Crippen molar-refractivity contribution < 1.29 is 4.74 Å². The second kappa shape index (κ2) is 12.3. The smallest absolute Gasteiger partial charge is 0.250 e. The maximum atomic E-state index is 9.55. The van der Waals surface area contributed by atoms with Gasteiger partial charge in [0.15, 0.2) is 0 Å². The molecule has 0 amide bonds. The number of rotatable bonds is 7. The van der Waals surface area contributed by atoms with E-state index in [0.29, 0.717) is 31.6 Å². The van der Waals surface area contributed by atoms with Gasteiger partial charge in [-0.1, -0.05) is 12.5 Å². The van der Waals surface area contributed by atoms with Crippen LogP contribution < -0.4 is 0 Å². The summed E-state index contributed by atoms with van der Waals surface area (Å²) >= 11 is 1.63. The van der Waals surface area contributed by atoms with Crippen molar-refractivity contribution in [3.63, 3.8) is 0 Å². The Bertz CT molecular complexity index is 1410. The van der Waals surface area contributed by atoms with E-state index in [1.807, 2.05) is 23.1 Å². The fourth-order valence-corrected chi connectivity index (χ4v) is 6.95. The van der Waals surface area contributed by atoms with Crippen LogP contribution in [0, 0.1) is 11.3 Å². The van der Waals surface area contributed by atoms with E-state index in [-0.39, 0.29) is 5.54 Å². The first kappa shape index (κ1) is 27.2. The summed E-state index contributed by atoms with van der Waals surface area (Å²) in [6.07, 6.45) is 15.3. The highest BCUT2D eigenvalue weighted by Gasteiger charge is 2.35. The van der Waals surface area contributed by atoms with Crippen molar-refractivity contribution in [1.82, 2.24) is 29.5 Å². The zero-order valence-corrected chi connectivity index (χ0v) is 24.2. The number of hydrogen-bond donors (Lipinski definition) is 0. The van der Waals surface area contributed by atoms with E-state index in [0.717, 1.165) is 66.1 Å². The van der Waals surface area contributed by atoms with Gasteiger partial charge >= 0.3 is 0 Å². The van der Waals surface area contributed by atoms with Crippen molar-refractivity contribution in [2.24, 2.45) is 4.99 Å². The number of fused-ring (bicyclic) bond motifs is 1. The van der Waals surface area contributed by atoms with Crippen LogP contribution in [0.3, 0.4) is 0 Å². The van der Waals surface area contributed by atoms with Gasteiger partial charge in [0.25, 0.3) is 5.95 Å². The van der Waals surface area contributed by atoms with Crippen LogP contribution in [0.25, 0.3) is 21.5 Å². The first-order chi connectivity index (χ1) is 19.6. The molecule has 0 N–H and O–H groups in total. The molecule has 2 saturated heterocycles. The molecule has 1 atom stereocenters. The van der Waals surface area contributed by atoms with E-state index in [4.69, 9.17) is 24.8 Å². The van der Waals surface area contributed by atoms with Gasteiger partial charge in [-0.05, 0) is 69.6 Å². The van der Waals surface area contributed by atoms with Crippen molar-refractivity contribution in [2.75, 3.05) is 45.9 Å². The summed E-state index contributed by atoms with van der Waals surface area (Å²) < 4.78 is 8.59. The van der Waals surface area contributed by atoms with Crippen molar-refractivity contribution in [1.29, 1.82) is 5.26 Å². The minimum absolute atomic E-state index is 0.338. The van der Waals surface area contributed by atoms with Gasteiger partial charge in [-0.2, -0.15) is 10.4 Å². The fourth-order valence-electron chi connectivity index (χ4n) is 6.11. The molecule has 3 aliphatic rings. The number of likely N-dealkylation sites (tertiary alicyclic amines) is 1. The van der Waals surface area contributed by atoms with Crippen LogP contribution in [0.15, 0.2) is 41.0 Å². The quantitative estimate of drug-likeness (QED) is 0.394. The number of piperidine rings is 1. The Kier molecular flexibility index (Phi) is 8.35. The Labute approximate surface area is 240 Å². The lowest BCUT2D eigenvalue weighted by Crippen LogP contribution is -2.42. The van der Waals surface area contributed by atoms with E-state index < -0.39 is 0 Å². The molecule has 3 aromatic rings. The Morgan fingerprint density at radius 2 is 2.02 bits per heavy atom. The maximum Gasteiger partial charge on any atom is 0.250 e. The number of nitriles is 1. The van der Waals surface area contributed by atoms with Crippen LogP contribution in [0.1, 0.15) is 51.9 Å². The zero-order chi connectivity index (χ0) is 27.4. The predicted octanol–water partition coefficient (Wildman–Crippen LogP) is 5.18. The Balaban J connectivity index is 1.27. The number of aromatic nitrogens is 4. The van der Waals surface area contributed by atoms with Crippen molar-refractivity contribution in [3.8, 4) is 17.3 Å². The maximum absolute atomic E-state index is 9.55. The van der Waals surface area contributed by atoms with E-state index in [1.165, 1.54) is 32.4 Å². The molecule has 0 radical (unpaired) electrons. The lowest BCUT2D eigenvalue weighted by Gasteiger charge is -2.35. The van der Waals surface area contributed by atoms with Gasteiger partial charge in [0.05, 0.1) is 45.8 Å². The van der Waals surface area contributed by atoms with E-state index in [2.05, 4.69) is 40.3 Å². The highest BCUT2D eigenvalue weighted by Crippen LogP contribution is 2.36. The van der Waals surface area contributed by atoms with Crippen LogP contribution in [0.4, 0.5) is 5.95 Å². The second-order valence-electron chi connectivity index (χ2n) is 11.3. The lowest BCUT2D eigenvalue weighted by atomic mass is 9.87. The number of aliphatic imine (C=N–C) groups is 1. The molecule has 2 fully saturated rings. The highest BCUT2D eigenvalue weighted by molar-refractivity contribution is 7.17. The van der Waals surface area contributed by atoms with E-state index >= 15 is 0 Å². The number of hydrogen-bond acceptors (Lipinski definition) is 9. The number of thiophene rings is 1. The standard InChI is InChI=1S/C30H38N8OS/c1-23-6-5-7-25(22-37(23)16-15-36-13-3-2-4-14-36)33-29-34-26-8-19-40-28(26)27(35-29)24-20-32-38(21-24)30(9-12-31)10-17-39-18-11-30/h5,7-8,19-21,23H,2-4,6,9-11,13-18,22H2,1H3. The number of nitrogens with zero attached hydrogens (tertiary/aromatic N) is 8. The molecule has 3 aliphatic heterocycles. The van der Waals surface area contributed by atoms with Crippen molar-refractivity contribution in [3.05, 3.63) is 36.0 Å². The summed E-state index contributed by atoms with van der Waals surface area (Å²) in [7, 11) is 0. The van der Waals surface area contributed by atoms with Crippen LogP contribution in [-0.2, 0) is 10.3 Å². The Morgan fingerprint density at radius 1 is 1.18 bits per heavy atom. The van der Waals surface area contributed by atoms with Gasteiger partial charge in [0.2, 0.25) is 0 Å². The van der Waals surface area contributed by atoms with Gasteiger partial charge in [0.1, 0.15) is 0 Å². The summed E-state index contributed by atoms with van der Waals surface area (Å²) in [5.41, 5.74) is 3.32. The summed E-state index contributed by atoms with van der Waals surface area (Å²) in [6.45, 7) is 8.99. The van der Waals surface area contributed by atoms with Crippen LogP contribution >= 0.6 is 11.3 Å². The number of ether oxygens (including phenoxy) is 1. The largest absolute Gasteiger partial charge is 0.381 e. The summed E-state index contributed by atoms with van der Waals surface area (Å²) in [6, 6.07) is 4.88. The molecule has 0 bridgehead atoms. The van der Waals surface area contributed by atoms with Gasteiger partial charge in [0, 0.05) is 50.7 Å². The molecular weight excluding hydrogens is 520 g/mol. The van der Waals surface area contributed by atoms with Crippen LogP contribution in [0.5, 0.6) is 0 Å². The summed E-state index contributed by atoms with van der Waals surface area (Å²) in [4.78, 5) is 19.9. The van der Waals surface area contributed by atoms with E-state index in [1.54, 1.807) is 11.3 Å². The minimum Gasteiger partial charge on any atom is -0.381 e. The normalized spacial score (nSPS) is 23.4. The molecule has 0 aliphatic carbocycles. The highest BCUT2D eigenvalue weighted by atomic mass is 32.1. The first-order valence-electron chi connectivity index (χ1n) is 14.6. The zero-order valence-electron chi connectivity index (χ0n) is 23.3. The van der Waals surface area contributed by atoms with Gasteiger partial charge < -0.3 is 9.64 Å². The van der Waals surface area contributed by atoms with E-state index in [9.17, 15) is 5.26 Å². The Hall–Kier alpha value is -2.97.